The summed E-state index contributed by atoms with van der Waals surface area (Å²) < 4.78 is 10.7. The van der Waals surface area contributed by atoms with Gasteiger partial charge >= 0.3 is 0 Å². The molecule has 138 valence electrons. The lowest BCUT2D eigenvalue weighted by Crippen LogP contribution is -2.38. The molecular weight excluding hydrogens is 417 g/mol. The number of rotatable bonds is 11. The van der Waals surface area contributed by atoms with Crippen LogP contribution in [0.25, 0.3) is 0 Å². The van der Waals surface area contributed by atoms with Crippen molar-refractivity contribution in [3.63, 3.8) is 0 Å². The van der Waals surface area contributed by atoms with Gasteiger partial charge in [-0.3, -0.25) is 4.99 Å². The summed E-state index contributed by atoms with van der Waals surface area (Å²) in [5.74, 6) is 1.82. The van der Waals surface area contributed by atoms with Crippen molar-refractivity contribution < 1.29 is 9.47 Å². The maximum absolute atomic E-state index is 5.72. The van der Waals surface area contributed by atoms with Gasteiger partial charge in [0.05, 0.1) is 6.61 Å². The average Bonchev–Trinajstić information content (AvgIpc) is 2.56. The quantitative estimate of drug-likeness (QED) is 0.236. The molecule has 0 amide bonds. The minimum atomic E-state index is 0. The minimum absolute atomic E-state index is 0. The highest BCUT2D eigenvalue weighted by molar-refractivity contribution is 14.0. The first-order chi connectivity index (χ1) is 11.3. The maximum Gasteiger partial charge on any atom is 0.191 e. The number of halogens is 1. The Labute approximate surface area is 163 Å². The molecule has 0 fully saturated rings. The number of aryl methyl sites for hydroxylation is 1. The van der Waals surface area contributed by atoms with Crippen molar-refractivity contribution in [2.45, 2.75) is 33.1 Å². The standard InChI is InChI=1S/C18H31N3O2.HI/c1-4-19-18(21-13-7-14-22-3)20-12-5-6-15-23-17-10-8-16(2)9-11-17;/h8-11H,4-7,12-15H2,1-3H3,(H2,19,20,21);1H. The number of ether oxygens (including phenoxy) is 2. The second-order valence-corrected chi connectivity index (χ2v) is 5.40. The van der Waals surface area contributed by atoms with E-state index in [4.69, 9.17) is 9.47 Å². The third-order valence-corrected chi connectivity index (χ3v) is 3.27. The molecule has 0 spiro atoms. The van der Waals surface area contributed by atoms with Crippen molar-refractivity contribution in [1.82, 2.24) is 10.6 Å². The summed E-state index contributed by atoms with van der Waals surface area (Å²) in [5, 5.41) is 6.59. The number of aliphatic imine (C=N–C) groups is 1. The molecule has 0 atom stereocenters. The summed E-state index contributed by atoms with van der Waals surface area (Å²) in [7, 11) is 1.71. The Hall–Kier alpha value is -1.02. The van der Waals surface area contributed by atoms with Gasteiger partial charge in [0.25, 0.3) is 0 Å². The van der Waals surface area contributed by atoms with Crippen LogP contribution in [0.15, 0.2) is 29.3 Å². The number of benzene rings is 1. The lowest BCUT2D eigenvalue weighted by molar-refractivity contribution is 0.197. The molecule has 0 aromatic heterocycles. The molecule has 0 aliphatic carbocycles. The van der Waals surface area contributed by atoms with Gasteiger partial charge in [0.15, 0.2) is 5.96 Å². The summed E-state index contributed by atoms with van der Waals surface area (Å²) in [6.45, 7) is 8.18. The van der Waals surface area contributed by atoms with Crippen LogP contribution < -0.4 is 15.4 Å². The zero-order valence-electron chi connectivity index (χ0n) is 15.1. The molecule has 0 unspecified atom stereocenters. The first-order valence-corrected chi connectivity index (χ1v) is 8.47. The first-order valence-electron chi connectivity index (χ1n) is 8.47. The number of unbranched alkanes of at least 4 members (excludes halogenated alkanes) is 1. The lowest BCUT2D eigenvalue weighted by atomic mass is 10.2. The third kappa shape index (κ3) is 11.5. The number of methoxy groups -OCH3 is 1. The van der Waals surface area contributed by atoms with Gasteiger partial charge in [-0.05, 0) is 45.2 Å². The van der Waals surface area contributed by atoms with E-state index >= 15 is 0 Å². The number of hydrogen-bond donors (Lipinski definition) is 2. The smallest absolute Gasteiger partial charge is 0.191 e. The Morgan fingerprint density at radius 1 is 1.04 bits per heavy atom. The zero-order valence-corrected chi connectivity index (χ0v) is 17.5. The van der Waals surface area contributed by atoms with E-state index in [-0.39, 0.29) is 24.0 Å². The fourth-order valence-corrected chi connectivity index (χ4v) is 2.00. The topological polar surface area (TPSA) is 54.9 Å². The highest BCUT2D eigenvalue weighted by Gasteiger charge is 1.97. The molecule has 6 heteroatoms. The molecule has 0 heterocycles. The van der Waals surface area contributed by atoms with Crippen LogP contribution in [0, 0.1) is 6.92 Å². The summed E-state index contributed by atoms with van der Waals surface area (Å²) in [6, 6.07) is 8.17. The molecule has 5 nitrogen and oxygen atoms in total. The van der Waals surface area contributed by atoms with Crippen molar-refractivity contribution >= 4 is 29.9 Å². The summed E-state index contributed by atoms with van der Waals surface area (Å²) in [6.07, 6.45) is 3.01. The van der Waals surface area contributed by atoms with Crippen LogP contribution in [0.3, 0.4) is 0 Å². The van der Waals surface area contributed by atoms with Crippen LogP contribution in [0.1, 0.15) is 31.7 Å². The molecule has 1 aromatic rings. The molecule has 0 aliphatic heterocycles. The van der Waals surface area contributed by atoms with Gasteiger partial charge in [0, 0.05) is 33.4 Å². The zero-order chi connectivity index (χ0) is 16.8. The normalized spacial score (nSPS) is 10.9. The van der Waals surface area contributed by atoms with Gasteiger partial charge in [-0.15, -0.1) is 24.0 Å². The van der Waals surface area contributed by atoms with E-state index in [1.165, 1.54) is 5.56 Å². The SMILES string of the molecule is CCNC(=NCCCOC)NCCCCOc1ccc(C)cc1.I. The predicted molar refractivity (Wildman–Crippen MR) is 112 cm³/mol. The Morgan fingerprint density at radius 3 is 2.46 bits per heavy atom. The van der Waals surface area contributed by atoms with E-state index < -0.39 is 0 Å². The number of guanidine groups is 1. The second kappa shape index (κ2) is 15.5. The Bertz CT molecular complexity index is 438. The predicted octanol–water partition coefficient (Wildman–Crippen LogP) is 3.36. The van der Waals surface area contributed by atoms with E-state index in [1.54, 1.807) is 7.11 Å². The number of hydrogen-bond acceptors (Lipinski definition) is 3. The second-order valence-electron chi connectivity index (χ2n) is 5.40. The molecule has 0 saturated carbocycles. The van der Waals surface area contributed by atoms with Gasteiger partial charge in [-0.25, -0.2) is 0 Å². The highest BCUT2D eigenvalue weighted by Crippen LogP contribution is 2.11. The van der Waals surface area contributed by atoms with Crippen molar-refractivity contribution in [2.75, 3.05) is 40.0 Å². The van der Waals surface area contributed by atoms with Crippen LogP contribution in [-0.4, -0.2) is 45.9 Å². The van der Waals surface area contributed by atoms with E-state index in [1.807, 2.05) is 12.1 Å². The van der Waals surface area contributed by atoms with E-state index in [0.717, 1.165) is 63.8 Å². The molecule has 24 heavy (non-hydrogen) atoms. The summed E-state index contributed by atoms with van der Waals surface area (Å²) >= 11 is 0. The van der Waals surface area contributed by atoms with Gasteiger partial charge in [-0.1, -0.05) is 17.7 Å². The van der Waals surface area contributed by atoms with Crippen molar-refractivity contribution in [3.05, 3.63) is 29.8 Å². The maximum atomic E-state index is 5.72. The molecule has 0 bridgehead atoms. The van der Waals surface area contributed by atoms with Crippen LogP contribution in [0.4, 0.5) is 0 Å². The monoisotopic (exact) mass is 449 g/mol. The van der Waals surface area contributed by atoms with Gasteiger partial charge in [0.1, 0.15) is 5.75 Å². The van der Waals surface area contributed by atoms with Gasteiger partial charge in [0.2, 0.25) is 0 Å². The highest BCUT2D eigenvalue weighted by atomic mass is 127. The van der Waals surface area contributed by atoms with Crippen LogP contribution in [-0.2, 0) is 4.74 Å². The lowest BCUT2D eigenvalue weighted by Gasteiger charge is -2.11. The van der Waals surface area contributed by atoms with Crippen LogP contribution in [0.2, 0.25) is 0 Å². The minimum Gasteiger partial charge on any atom is -0.494 e. The Morgan fingerprint density at radius 2 is 1.79 bits per heavy atom. The average molecular weight is 449 g/mol. The largest absolute Gasteiger partial charge is 0.494 e. The molecule has 1 rings (SSSR count). The number of nitrogens with zero attached hydrogens (tertiary/aromatic N) is 1. The van der Waals surface area contributed by atoms with Crippen molar-refractivity contribution in [2.24, 2.45) is 4.99 Å². The van der Waals surface area contributed by atoms with Gasteiger partial charge < -0.3 is 20.1 Å². The third-order valence-electron chi connectivity index (χ3n) is 3.27. The summed E-state index contributed by atoms with van der Waals surface area (Å²) in [5.41, 5.74) is 1.25. The summed E-state index contributed by atoms with van der Waals surface area (Å²) in [4.78, 5) is 4.51. The number of nitrogens with one attached hydrogen (secondary N) is 2. The van der Waals surface area contributed by atoms with Crippen molar-refractivity contribution in [1.29, 1.82) is 0 Å². The van der Waals surface area contributed by atoms with Crippen LogP contribution >= 0.6 is 24.0 Å². The Kier molecular flexibility index (Phi) is 14.8. The molecule has 1 aromatic carbocycles. The van der Waals surface area contributed by atoms with E-state index in [2.05, 4.69) is 41.6 Å². The molecule has 0 radical (unpaired) electrons. The van der Waals surface area contributed by atoms with Gasteiger partial charge in [-0.2, -0.15) is 0 Å². The first kappa shape index (κ1) is 23.0. The van der Waals surface area contributed by atoms with E-state index in [9.17, 15) is 0 Å². The van der Waals surface area contributed by atoms with Crippen LogP contribution in [0.5, 0.6) is 5.75 Å². The molecule has 0 aliphatic rings. The van der Waals surface area contributed by atoms with E-state index in [0.29, 0.717) is 0 Å². The van der Waals surface area contributed by atoms with Crippen molar-refractivity contribution in [3.8, 4) is 5.75 Å². The Balaban J connectivity index is 0.00000529. The molecule has 0 saturated heterocycles. The fraction of sp³-hybridized carbons (Fsp3) is 0.611. The molecule has 2 N–H and O–H groups in total. The molecular formula is C18H32IN3O2. The fourth-order valence-electron chi connectivity index (χ4n) is 2.00.